The van der Waals surface area contributed by atoms with Gasteiger partial charge in [0.15, 0.2) is 5.96 Å². The Morgan fingerprint density at radius 2 is 2.09 bits per heavy atom. The van der Waals surface area contributed by atoms with Gasteiger partial charge in [-0.2, -0.15) is 0 Å². The molecule has 0 unspecified atom stereocenters. The normalized spacial score (nSPS) is 16.4. The summed E-state index contributed by atoms with van der Waals surface area (Å²) in [5.74, 6) is 2.32. The van der Waals surface area contributed by atoms with Crippen molar-refractivity contribution in [3.63, 3.8) is 0 Å². The lowest BCUT2D eigenvalue weighted by Crippen LogP contribution is -2.39. The summed E-state index contributed by atoms with van der Waals surface area (Å²) in [4.78, 5) is 6.76. The Morgan fingerprint density at radius 1 is 1.36 bits per heavy atom. The van der Waals surface area contributed by atoms with Crippen molar-refractivity contribution in [3.05, 3.63) is 23.2 Å². The largest absolute Gasteiger partial charge is 0.466 e. The molecule has 0 amide bonds. The molecule has 0 bridgehead atoms. The Bertz CT molecular complexity index is 470. The lowest BCUT2D eigenvalue weighted by molar-refractivity contribution is 0.0376. The van der Waals surface area contributed by atoms with Crippen LogP contribution < -0.4 is 11.1 Å². The van der Waals surface area contributed by atoms with Gasteiger partial charge in [0.1, 0.15) is 11.5 Å². The van der Waals surface area contributed by atoms with E-state index >= 15 is 0 Å². The summed E-state index contributed by atoms with van der Waals surface area (Å²) in [5.41, 5.74) is 6.96. The highest BCUT2D eigenvalue weighted by atomic mass is 127. The molecule has 0 radical (unpaired) electrons. The fourth-order valence-corrected chi connectivity index (χ4v) is 2.41. The quantitative estimate of drug-likeness (QED) is 0.316. The first kappa shape index (κ1) is 19.2. The number of hydrogen-bond acceptors (Lipinski definition) is 4. The number of guanidine groups is 1. The number of aryl methyl sites for hydroxylation is 2. The third-order valence-electron chi connectivity index (χ3n) is 3.62. The van der Waals surface area contributed by atoms with E-state index in [9.17, 15) is 0 Å². The van der Waals surface area contributed by atoms with Crippen LogP contribution in [0.15, 0.2) is 15.5 Å². The second kappa shape index (κ2) is 10.1. The molecule has 1 aliphatic heterocycles. The van der Waals surface area contributed by atoms with Crippen LogP contribution in [0.2, 0.25) is 0 Å². The number of halogens is 1. The minimum absolute atomic E-state index is 0. The van der Waals surface area contributed by atoms with Crippen molar-refractivity contribution in [3.8, 4) is 0 Å². The molecule has 0 spiro atoms. The second-order valence-corrected chi connectivity index (χ2v) is 5.37. The predicted octanol–water partition coefficient (Wildman–Crippen LogP) is 1.64. The predicted molar refractivity (Wildman–Crippen MR) is 98.8 cm³/mol. The number of furan rings is 1. The lowest BCUT2D eigenvalue weighted by Gasteiger charge is -2.26. The molecule has 1 aliphatic rings. The van der Waals surface area contributed by atoms with Crippen LogP contribution in [0.1, 0.15) is 23.5 Å². The Balaban J connectivity index is 0.00000242. The summed E-state index contributed by atoms with van der Waals surface area (Å²) >= 11 is 0. The van der Waals surface area contributed by atoms with Crippen LogP contribution in [-0.2, 0) is 11.3 Å². The highest BCUT2D eigenvalue weighted by molar-refractivity contribution is 14.0. The van der Waals surface area contributed by atoms with Crippen LogP contribution in [-0.4, -0.2) is 50.3 Å². The first-order chi connectivity index (χ1) is 10.1. The van der Waals surface area contributed by atoms with E-state index in [1.165, 1.54) is 0 Å². The fourth-order valence-electron chi connectivity index (χ4n) is 2.41. The molecule has 3 N–H and O–H groups in total. The van der Waals surface area contributed by atoms with Gasteiger partial charge in [-0.05, 0) is 32.9 Å². The molecule has 1 aromatic heterocycles. The van der Waals surface area contributed by atoms with Gasteiger partial charge in [0.05, 0.1) is 19.8 Å². The molecule has 126 valence electrons. The average molecular weight is 422 g/mol. The van der Waals surface area contributed by atoms with Crippen LogP contribution in [0.4, 0.5) is 0 Å². The van der Waals surface area contributed by atoms with Gasteiger partial charge in [-0.1, -0.05) is 0 Å². The van der Waals surface area contributed by atoms with E-state index in [0.29, 0.717) is 12.5 Å². The molecule has 2 rings (SSSR count). The molecule has 0 saturated carbocycles. The van der Waals surface area contributed by atoms with Gasteiger partial charge in [-0.25, -0.2) is 4.99 Å². The molecule has 22 heavy (non-hydrogen) atoms. The molecular formula is C15H27IN4O2. The second-order valence-electron chi connectivity index (χ2n) is 5.37. The molecule has 0 atom stereocenters. The fraction of sp³-hybridized carbons (Fsp3) is 0.667. The first-order valence-corrected chi connectivity index (χ1v) is 7.55. The zero-order valence-electron chi connectivity index (χ0n) is 13.4. The van der Waals surface area contributed by atoms with Crippen molar-refractivity contribution >= 4 is 29.9 Å². The van der Waals surface area contributed by atoms with Crippen LogP contribution in [0.25, 0.3) is 0 Å². The summed E-state index contributed by atoms with van der Waals surface area (Å²) in [6.07, 6.45) is 1.06. The molecule has 2 heterocycles. The Morgan fingerprint density at radius 3 is 2.73 bits per heavy atom. The van der Waals surface area contributed by atoms with Crippen LogP contribution in [0.5, 0.6) is 0 Å². The van der Waals surface area contributed by atoms with E-state index in [1.54, 1.807) is 0 Å². The van der Waals surface area contributed by atoms with Gasteiger partial charge in [-0.3, -0.25) is 4.90 Å². The van der Waals surface area contributed by atoms with E-state index in [1.807, 2.05) is 19.9 Å². The summed E-state index contributed by atoms with van der Waals surface area (Å²) in [7, 11) is 0. The summed E-state index contributed by atoms with van der Waals surface area (Å²) < 4.78 is 10.8. The number of aliphatic imine (C=N–C) groups is 1. The van der Waals surface area contributed by atoms with E-state index in [0.717, 1.165) is 62.9 Å². The van der Waals surface area contributed by atoms with Crippen LogP contribution in [0, 0.1) is 13.8 Å². The van der Waals surface area contributed by atoms with Gasteiger partial charge < -0.3 is 20.2 Å². The maximum Gasteiger partial charge on any atom is 0.188 e. The van der Waals surface area contributed by atoms with E-state index in [2.05, 4.69) is 15.2 Å². The van der Waals surface area contributed by atoms with Crippen molar-refractivity contribution in [2.24, 2.45) is 10.7 Å². The first-order valence-electron chi connectivity index (χ1n) is 7.55. The molecule has 6 nitrogen and oxygen atoms in total. The average Bonchev–Trinajstić information content (AvgIpc) is 2.80. The summed E-state index contributed by atoms with van der Waals surface area (Å²) in [5, 5.41) is 3.16. The van der Waals surface area contributed by atoms with Crippen molar-refractivity contribution < 1.29 is 9.15 Å². The van der Waals surface area contributed by atoms with Crippen LogP contribution >= 0.6 is 24.0 Å². The van der Waals surface area contributed by atoms with Gasteiger partial charge >= 0.3 is 0 Å². The SMILES string of the molecule is Cc1cc(CN=C(N)NCCCN2CCOCC2)c(C)o1.I. The number of morpholine rings is 1. The standard InChI is InChI=1S/C15H26N4O2.HI/c1-12-10-14(13(2)21-12)11-18-15(16)17-4-3-5-19-6-8-20-9-7-19;/h10H,3-9,11H2,1-2H3,(H3,16,17,18);1H. The summed E-state index contributed by atoms with van der Waals surface area (Å²) in [6, 6.07) is 2.00. The zero-order chi connectivity index (χ0) is 15.1. The monoisotopic (exact) mass is 422 g/mol. The smallest absolute Gasteiger partial charge is 0.188 e. The molecule has 0 aliphatic carbocycles. The zero-order valence-corrected chi connectivity index (χ0v) is 15.8. The van der Waals surface area contributed by atoms with Gasteiger partial charge in [0, 0.05) is 25.2 Å². The van der Waals surface area contributed by atoms with Gasteiger partial charge in [0.25, 0.3) is 0 Å². The number of hydrogen-bond donors (Lipinski definition) is 2. The number of nitrogens with two attached hydrogens (primary N) is 1. The maximum atomic E-state index is 5.87. The Kier molecular flexibility index (Phi) is 8.81. The minimum atomic E-state index is 0. The number of nitrogens with zero attached hydrogens (tertiary/aromatic N) is 2. The number of ether oxygens (including phenoxy) is 1. The lowest BCUT2D eigenvalue weighted by atomic mass is 10.2. The molecule has 7 heteroatoms. The minimum Gasteiger partial charge on any atom is -0.466 e. The topological polar surface area (TPSA) is 76.0 Å². The molecule has 1 saturated heterocycles. The maximum absolute atomic E-state index is 5.87. The van der Waals surface area contributed by atoms with Crippen molar-refractivity contribution in [2.45, 2.75) is 26.8 Å². The van der Waals surface area contributed by atoms with Crippen molar-refractivity contribution in [2.75, 3.05) is 39.4 Å². The molecule has 1 fully saturated rings. The van der Waals surface area contributed by atoms with Crippen LogP contribution in [0.3, 0.4) is 0 Å². The van der Waals surface area contributed by atoms with Crippen molar-refractivity contribution in [1.29, 1.82) is 0 Å². The highest BCUT2D eigenvalue weighted by Gasteiger charge is 2.09. The Hall–Kier alpha value is -0.800. The van der Waals surface area contributed by atoms with Crippen molar-refractivity contribution in [1.82, 2.24) is 10.2 Å². The van der Waals surface area contributed by atoms with Gasteiger partial charge in [0.2, 0.25) is 0 Å². The third-order valence-corrected chi connectivity index (χ3v) is 3.62. The third kappa shape index (κ3) is 6.53. The molecule has 1 aromatic rings. The summed E-state index contributed by atoms with van der Waals surface area (Å²) in [6.45, 7) is 10.1. The van der Waals surface area contributed by atoms with Gasteiger partial charge in [-0.15, -0.1) is 24.0 Å². The Labute approximate surface area is 149 Å². The van der Waals surface area contributed by atoms with E-state index in [4.69, 9.17) is 14.9 Å². The molecular weight excluding hydrogens is 395 g/mol. The van der Waals surface area contributed by atoms with E-state index in [-0.39, 0.29) is 24.0 Å². The van der Waals surface area contributed by atoms with E-state index < -0.39 is 0 Å². The highest BCUT2D eigenvalue weighted by Crippen LogP contribution is 2.14. The number of nitrogens with one attached hydrogen (secondary N) is 1. The number of rotatable bonds is 6. The molecule has 0 aromatic carbocycles.